The summed E-state index contributed by atoms with van der Waals surface area (Å²) in [4.78, 5) is 22.5. The third-order valence-electron chi connectivity index (χ3n) is 3.05. The van der Waals surface area contributed by atoms with Crippen LogP contribution in [-0.4, -0.2) is 40.9 Å². The molecule has 0 bridgehead atoms. The molecule has 0 aromatic carbocycles. The molecule has 1 rings (SSSR count). The molecular formula is C14H24Cl2N4O. The monoisotopic (exact) mass is 334 g/mol. The highest BCUT2D eigenvalue weighted by Crippen LogP contribution is 2.20. The summed E-state index contributed by atoms with van der Waals surface area (Å²) in [5.41, 5.74) is 5.80. The molecule has 120 valence electrons. The number of nitrogens with two attached hydrogens (primary N) is 1. The topological polar surface area (TPSA) is 72.1 Å². The molecule has 1 aromatic heterocycles. The zero-order chi connectivity index (χ0) is 15.5. The number of amides is 1. The first-order valence-corrected chi connectivity index (χ1v) is 7.03. The minimum absolute atomic E-state index is 0. The van der Waals surface area contributed by atoms with Gasteiger partial charge in [-0.3, -0.25) is 4.79 Å². The average molecular weight is 335 g/mol. The first kappa shape index (κ1) is 20.1. The van der Waals surface area contributed by atoms with E-state index < -0.39 is 0 Å². The first-order chi connectivity index (χ1) is 9.18. The molecule has 0 spiro atoms. The molecular weight excluding hydrogens is 311 g/mol. The van der Waals surface area contributed by atoms with E-state index in [9.17, 15) is 4.79 Å². The summed E-state index contributed by atoms with van der Waals surface area (Å²) in [5, 5.41) is 0.275. The molecule has 0 aliphatic heterocycles. The van der Waals surface area contributed by atoms with Crippen molar-refractivity contribution in [2.45, 2.75) is 33.6 Å². The van der Waals surface area contributed by atoms with Gasteiger partial charge in [0.05, 0.1) is 11.2 Å². The van der Waals surface area contributed by atoms with Gasteiger partial charge in [-0.05, 0) is 12.0 Å². The van der Waals surface area contributed by atoms with Gasteiger partial charge in [-0.1, -0.05) is 39.3 Å². The molecule has 1 aromatic rings. The Morgan fingerprint density at radius 1 is 1.48 bits per heavy atom. The fraction of sp³-hybridized carbons (Fsp3) is 0.643. The van der Waals surface area contributed by atoms with Gasteiger partial charge in [0, 0.05) is 19.5 Å². The lowest BCUT2D eigenvalue weighted by Gasteiger charge is -2.29. The molecule has 0 saturated heterocycles. The summed E-state index contributed by atoms with van der Waals surface area (Å²) in [6.07, 6.45) is 1.49. The highest BCUT2D eigenvalue weighted by atomic mass is 35.5. The Hall–Kier alpha value is -0.910. The van der Waals surface area contributed by atoms with Crippen molar-refractivity contribution in [1.29, 1.82) is 0 Å². The Labute approximate surface area is 137 Å². The summed E-state index contributed by atoms with van der Waals surface area (Å²) in [6.45, 7) is 9.01. The Kier molecular flexibility index (Phi) is 7.57. The number of nitrogens with zero attached hydrogens (tertiary/aromatic N) is 3. The maximum Gasteiger partial charge on any atom is 0.273 e. The maximum atomic E-state index is 12.4. The highest BCUT2D eigenvalue weighted by molar-refractivity contribution is 6.33. The summed E-state index contributed by atoms with van der Waals surface area (Å²) in [5.74, 6) is 0.551. The van der Waals surface area contributed by atoms with Gasteiger partial charge in [0.1, 0.15) is 5.82 Å². The van der Waals surface area contributed by atoms with Crippen molar-refractivity contribution in [3.8, 4) is 0 Å². The predicted molar refractivity (Wildman–Crippen MR) is 88.2 cm³/mol. The van der Waals surface area contributed by atoms with Crippen molar-refractivity contribution in [2.24, 2.45) is 11.1 Å². The second kappa shape index (κ2) is 7.92. The van der Waals surface area contributed by atoms with Gasteiger partial charge in [-0.25, -0.2) is 9.97 Å². The number of aromatic nitrogens is 2. The third kappa shape index (κ3) is 5.41. The molecule has 21 heavy (non-hydrogen) atoms. The normalized spacial score (nSPS) is 11.2. The zero-order valence-corrected chi connectivity index (χ0v) is 14.8. The Morgan fingerprint density at radius 2 is 2.05 bits per heavy atom. The number of rotatable bonds is 5. The van der Waals surface area contributed by atoms with E-state index in [0.29, 0.717) is 18.9 Å². The summed E-state index contributed by atoms with van der Waals surface area (Å²) in [7, 11) is 1.73. The molecule has 5 nitrogen and oxygen atoms in total. The van der Waals surface area contributed by atoms with Crippen LogP contribution < -0.4 is 5.73 Å². The van der Waals surface area contributed by atoms with Crippen LogP contribution in [0.4, 0.5) is 0 Å². The smallest absolute Gasteiger partial charge is 0.273 e. The van der Waals surface area contributed by atoms with Crippen LogP contribution in [-0.2, 0) is 0 Å². The quantitative estimate of drug-likeness (QED) is 0.898. The summed E-state index contributed by atoms with van der Waals surface area (Å²) in [6, 6.07) is 0. The second-order valence-corrected chi connectivity index (χ2v) is 6.52. The fourth-order valence-electron chi connectivity index (χ4n) is 1.77. The van der Waals surface area contributed by atoms with Crippen molar-refractivity contribution in [2.75, 3.05) is 20.1 Å². The van der Waals surface area contributed by atoms with Gasteiger partial charge in [0.25, 0.3) is 5.91 Å². The van der Waals surface area contributed by atoms with Crippen LogP contribution in [0.2, 0.25) is 5.02 Å². The fourth-order valence-corrected chi connectivity index (χ4v) is 1.94. The molecule has 0 aliphatic carbocycles. The van der Waals surface area contributed by atoms with Gasteiger partial charge >= 0.3 is 0 Å². The highest BCUT2D eigenvalue weighted by Gasteiger charge is 2.24. The van der Waals surface area contributed by atoms with Crippen molar-refractivity contribution in [3.63, 3.8) is 0 Å². The van der Waals surface area contributed by atoms with E-state index in [0.717, 1.165) is 0 Å². The number of hydrogen-bond donors (Lipinski definition) is 1. The van der Waals surface area contributed by atoms with Crippen molar-refractivity contribution in [1.82, 2.24) is 14.9 Å². The van der Waals surface area contributed by atoms with E-state index in [1.54, 1.807) is 11.9 Å². The van der Waals surface area contributed by atoms with Crippen LogP contribution in [0, 0.1) is 5.41 Å². The molecule has 0 atom stereocenters. The minimum Gasteiger partial charge on any atom is -0.340 e. The SMILES string of the molecule is CC(C)c1ncc(Cl)c(C(=O)N(C)CC(C)(C)CN)n1.Cl. The van der Waals surface area contributed by atoms with E-state index >= 15 is 0 Å². The second-order valence-electron chi connectivity index (χ2n) is 6.11. The van der Waals surface area contributed by atoms with Crippen molar-refractivity contribution < 1.29 is 4.79 Å². The molecule has 0 radical (unpaired) electrons. The summed E-state index contributed by atoms with van der Waals surface area (Å²) >= 11 is 6.05. The largest absolute Gasteiger partial charge is 0.340 e. The van der Waals surface area contributed by atoms with E-state index in [4.69, 9.17) is 17.3 Å². The maximum absolute atomic E-state index is 12.4. The molecule has 0 unspecified atom stereocenters. The van der Waals surface area contributed by atoms with Crippen LogP contribution >= 0.6 is 24.0 Å². The van der Waals surface area contributed by atoms with Crippen LogP contribution in [0.1, 0.15) is 49.9 Å². The van der Waals surface area contributed by atoms with Crippen LogP contribution in [0.15, 0.2) is 6.20 Å². The average Bonchev–Trinajstić information content (AvgIpc) is 2.37. The van der Waals surface area contributed by atoms with Gasteiger partial charge in [-0.2, -0.15) is 0 Å². The zero-order valence-electron chi connectivity index (χ0n) is 13.2. The van der Waals surface area contributed by atoms with E-state index in [1.165, 1.54) is 6.20 Å². The van der Waals surface area contributed by atoms with Gasteiger partial charge < -0.3 is 10.6 Å². The molecule has 7 heteroatoms. The van der Waals surface area contributed by atoms with Crippen LogP contribution in [0.3, 0.4) is 0 Å². The standard InChI is InChI=1S/C14H23ClN4O.ClH/c1-9(2)12-17-6-10(15)11(18-12)13(20)19(5)8-14(3,4)7-16;/h6,9H,7-8,16H2,1-5H3;1H. The molecule has 0 fully saturated rings. The lowest BCUT2D eigenvalue weighted by Crippen LogP contribution is -2.40. The Morgan fingerprint density at radius 3 is 2.52 bits per heavy atom. The van der Waals surface area contributed by atoms with E-state index in [2.05, 4.69) is 9.97 Å². The van der Waals surface area contributed by atoms with E-state index in [-0.39, 0.29) is 40.4 Å². The predicted octanol–water partition coefficient (Wildman–Crippen LogP) is 2.73. The summed E-state index contributed by atoms with van der Waals surface area (Å²) < 4.78 is 0. The molecule has 1 amide bonds. The lowest BCUT2D eigenvalue weighted by atomic mass is 9.93. The number of halogens is 2. The van der Waals surface area contributed by atoms with Crippen molar-refractivity contribution >= 4 is 29.9 Å². The van der Waals surface area contributed by atoms with Crippen LogP contribution in [0.5, 0.6) is 0 Å². The third-order valence-corrected chi connectivity index (χ3v) is 3.32. The molecule has 0 saturated carbocycles. The van der Waals surface area contributed by atoms with Gasteiger partial charge in [-0.15, -0.1) is 12.4 Å². The van der Waals surface area contributed by atoms with E-state index in [1.807, 2.05) is 27.7 Å². The number of carbonyl (C=O) groups is 1. The Bertz CT molecular complexity index is 492. The van der Waals surface area contributed by atoms with Crippen molar-refractivity contribution in [3.05, 3.63) is 22.7 Å². The van der Waals surface area contributed by atoms with Gasteiger partial charge in [0.15, 0.2) is 5.69 Å². The minimum atomic E-state index is -0.208. The lowest BCUT2D eigenvalue weighted by molar-refractivity contribution is 0.0734. The molecule has 1 heterocycles. The number of carbonyl (C=O) groups excluding carboxylic acids is 1. The van der Waals surface area contributed by atoms with Gasteiger partial charge in [0.2, 0.25) is 0 Å². The first-order valence-electron chi connectivity index (χ1n) is 6.66. The number of hydrogen-bond acceptors (Lipinski definition) is 4. The molecule has 0 aliphatic rings. The molecule has 2 N–H and O–H groups in total. The Balaban J connectivity index is 0.00000400. The van der Waals surface area contributed by atoms with Crippen LogP contribution in [0.25, 0.3) is 0 Å².